The highest BCUT2D eigenvalue weighted by molar-refractivity contribution is 7.98. The van der Waals surface area contributed by atoms with Gasteiger partial charge >= 0.3 is 0 Å². The van der Waals surface area contributed by atoms with Gasteiger partial charge in [0.25, 0.3) is 5.91 Å². The monoisotopic (exact) mass is 339 g/mol. The van der Waals surface area contributed by atoms with Gasteiger partial charge in [0.05, 0.1) is 11.3 Å². The number of nitrogens with one attached hydrogen (secondary N) is 2. The Balaban J connectivity index is 2.02. The second kappa shape index (κ2) is 7.17. The third-order valence-electron chi connectivity index (χ3n) is 3.05. The number of nitrogens with zero attached hydrogens (tertiary/aromatic N) is 1. The summed E-state index contributed by atoms with van der Waals surface area (Å²) in [5, 5.41) is 20.2. The van der Waals surface area contributed by atoms with E-state index in [0.717, 1.165) is 5.56 Å². The summed E-state index contributed by atoms with van der Waals surface area (Å²) in [6.07, 6.45) is 1.91. The molecule has 2 aromatic rings. The van der Waals surface area contributed by atoms with E-state index in [1.54, 1.807) is 25.1 Å². The van der Waals surface area contributed by atoms with Gasteiger partial charge in [0.1, 0.15) is 5.69 Å². The summed E-state index contributed by atoms with van der Waals surface area (Å²) >= 11 is 7.37. The Kier molecular flexibility index (Phi) is 5.50. The number of rotatable bonds is 6. The molecule has 0 aliphatic carbocycles. The molecular formula is C15H18ClN3O2S. The van der Waals surface area contributed by atoms with Gasteiger partial charge in [0, 0.05) is 22.9 Å². The van der Waals surface area contributed by atoms with Gasteiger partial charge in [-0.2, -0.15) is 16.9 Å². The van der Waals surface area contributed by atoms with Crippen LogP contribution in [0.15, 0.2) is 30.3 Å². The number of thioether (sulfide) groups is 1. The van der Waals surface area contributed by atoms with Crippen molar-refractivity contribution >= 4 is 29.3 Å². The van der Waals surface area contributed by atoms with Crippen molar-refractivity contribution in [3.8, 4) is 11.3 Å². The quantitative estimate of drug-likeness (QED) is 0.756. The van der Waals surface area contributed by atoms with Crippen LogP contribution in [0.4, 0.5) is 0 Å². The second-order valence-corrected chi connectivity index (χ2v) is 6.59. The zero-order chi connectivity index (χ0) is 16.2. The number of amides is 1. The lowest BCUT2D eigenvalue weighted by molar-refractivity contribution is 0.0722. The van der Waals surface area contributed by atoms with E-state index in [2.05, 4.69) is 15.5 Å². The van der Waals surface area contributed by atoms with Crippen LogP contribution in [-0.4, -0.2) is 45.4 Å². The number of carbonyl (C=O) groups is 1. The second-order valence-electron chi connectivity index (χ2n) is 5.29. The van der Waals surface area contributed by atoms with Crippen molar-refractivity contribution < 1.29 is 9.90 Å². The van der Waals surface area contributed by atoms with E-state index >= 15 is 0 Å². The van der Waals surface area contributed by atoms with Crippen LogP contribution in [0.3, 0.4) is 0 Å². The van der Waals surface area contributed by atoms with Crippen LogP contribution in [-0.2, 0) is 0 Å². The van der Waals surface area contributed by atoms with Crippen molar-refractivity contribution in [1.82, 2.24) is 15.5 Å². The highest BCUT2D eigenvalue weighted by Gasteiger charge is 2.21. The molecule has 1 heterocycles. The lowest BCUT2D eigenvalue weighted by Gasteiger charge is -2.22. The van der Waals surface area contributed by atoms with E-state index in [1.165, 1.54) is 11.8 Å². The van der Waals surface area contributed by atoms with E-state index in [9.17, 15) is 9.90 Å². The van der Waals surface area contributed by atoms with Crippen LogP contribution < -0.4 is 5.32 Å². The minimum absolute atomic E-state index is 0.183. The first-order valence-corrected chi connectivity index (χ1v) is 8.49. The minimum Gasteiger partial charge on any atom is -0.387 e. The molecule has 0 aliphatic heterocycles. The van der Waals surface area contributed by atoms with Gasteiger partial charge in [-0.05, 0) is 31.4 Å². The lowest BCUT2D eigenvalue weighted by atomic mass is 10.1. The van der Waals surface area contributed by atoms with Crippen LogP contribution in [0.2, 0.25) is 5.02 Å². The van der Waals surface area contributed by atoms with Crippen molar-refractivity contribution in [2.75, 3.05) is 18.6 Å². The van der Waals surface area contributed by atoms with Gasteiger partial charge in [-0.25, -0.2) is 0 Å². The minimum atomic E-state index is -0.936. The first kappa shape index (κ1) is 16.9. The number of aromatic nitrogens is 2. The maximum absolute atomic E-state index is 12.1. The molecule has 0 saturated heterocycles. The highest BCUT2D eigenvalue weighted by atomic mass is 35.5. The van der Waals surface area contributed by atoms with Crippen molar-refractivity contribution in [1.29, 1.82) is 0 Å². The molecule has 1 aromatic heterocycles. The average molecular weight is 340 g/mol. The molecular weight excluding hydrogens is 322 g/mol. The maximum Gasteiger partial charge on any atom is 0.269 e. The van der Waals surface area contributed by atoms with Crippen molar-refractivity contribution in [3.63, 3.8) is 0 Å². The predicted molar refractivity (Wildman–Crippen MR) is 90.4 cm³/mol. The summed E-state index contributed by atoms with van der Waals surface area (Å²) in [6, 6.07) is 8.88. The van der Waals surface area contributed by atoms with E-state index in [-0.39, 0.29) is 12.5 Å². The number of carbonyl (C=O) groups excluding carboxylic acids is 1. The van der Waals surface area contributed by atoms with Crippen LogP contribution in [0.25, 0.3) is 11.3 Å². The Bertz CT molecular complexity index is 640. The Morgan fingerprint density at radius 1 is 1.45 bits per heavy atom. The Labute approximate surface area is 138 Å². The maximum atomic E-state index is 12.1. The molecule has 1 amide bonds. The first-order valence-electron chi connectivity index (χ1n) is 6.72. The van der Waals surface area contributed by atoms with Gasteiger partial charge in [-0.1, -0.05) is 23.7 Å². The molecule has 1 aromatic carbocycles. The van der Waals surface area contributed by atoms with Crippen molar-refractivity contribution in [3.05, 3.63) is 41.0 Å². The molecule has 1 unspecified atom stereocenters. The molecule has 5 nitrogen and oxygen atoms in total. The van der Waals surface area contributed by atoms with Gasteiger partial charge in [-0.15, -0.1) is 0 Å². The molecule has 0 aliphatic rings. The fourth-order valence-electron chi connectivity index (χ4n) is 1.93. The molecule has 0 bridgehead atoms. The third-order valence-corrected chi connectivity index (χ3v) is 4.21. The molecule has 0 saturated carbocycles. The summed E-state index contributed by atoms with van der Waals surface area (Å²) in [6.45, 7) is 1.87. The smallest absolute Gasteiger partial charge is 0.269 e. The van der Waals surface area contributed by atoms with E-state index in [4.69, 9.17) is 11.6 Å². The number of halogens is 1. The van der Waals surface area contributed by atoms with E-state index in [0.29, 0.717) is 22.2 Å². The summed E-state index contributed by atoms with van der Waals surface area (Å²) in [4.78, 5) is 12.1. The van der Waals surface area contributed by atoms with Gasteiger partial charge in [0.15, 0.2) is 0 Å². The van der Waals surface area contributed by atoms with E-state index in [1.807, 2.05) is 18.4 Å². The molecule has 22 heavy (non-hydrogen) atoms. The molecule has 3 N–H and O–H groups in total. The van der Waals surface area contributed by atoms with Crippen molar-refractivity contribution in [2.45, 2.75) is 12.5 Å². The van der Waals surface area contributed by atoms with Crippen LogP contribution in [0.5, 0.6) is 0 Å². The molecule has 2 rings (SSSR count). The zero-order valence-corrected chi connectivity index (χ0v) is 14.0. The molecule has 7 heteroatoms. The standard InChI is InChI=1S/C15H18ClN3O2S/c1-15(21,9-22-2)8-17-14(20)13-7-12(18-19-13)10-3-5-11(16)6-4-10/h3-7,21H,8-9H2,1-2H3,(H,17,20)(H,18,19). The van der Waals surface area contributed by atoms with Crippen LogP contribution >= 0.6 is 23.4 Å². The summed E-state index contributed by atoms with van der Waals surface area (Å²) < 4.78 is 0. The fourth-order valence-corrected chi connectivity index (χ4v) is 2.78. The van der Waals surface area contributed by atoms with Gasteiger partial charge < -0.3 is 10.4 Å². The molecule has 118 valence electrons. The summed E-state index contributed by atoms with van der Waals surface area (Å²) in [7, 11) is 0. The molecule has 1 atom stereocenters. The Hall–Kier alpha value is -1.50. The SMILES string of the molecule is CSCC(C)(O)CNC(=O)c1cc(-c2ccc(Cl)cc2)n[nH]1. The van der Waals surface area contributed by atoms with E-state index < -0.39 is 5.60 Å². The van der Waals surface area contributed by atoms with Crippen LogP contribution in [0.1, 0.15) is 17.4 Å². The molecule has 0 radical (unpaired) electrons. The van der Waals surface area contributed by atoms with Crippen molar-refractivity contribution in [2.24, 2.45) is 0 Å². The predicted octanol–water partition coefficient (Wildman–Crippen LogP) is 2.57. The largest absolute Gasteiger partial charge is 0.387 e. The number of aromatic amines is 1. The number of aliphatic hydroxyl groups is 1. The first-order chi connectivity index (χ1) is 10.4. The topological polar surface area (TPSA) is 78.0 Å². The van der Waals surface area contributed by atoms with Gasteiger partial charge in [0.2, 0.25) is 0 Å². The number of H-pyrrole nitrogens is 1. The fraction of sp³-hybridized carbons (Fsp3) is 0.333. The summed E-state index contributed by atoms with van der Waals surface area (Å²) in [5.74, 6) is 0.251. The van der Waals surface area contributed by atoms with Gasteiger partial charge in [-0.3, -0.25) is 9.89 Å². The zero-order valence-electron chi connectivity index (χ0n) is 12.4. The summed E-state index contributed by atoms with van der Waals surface area (Å²) in [5.41, 5.74) is 0.949. The average Bonchev–Trinajstić information content (AvgIpc) is 2.95. The number of hydrogen-bond donors (Lipinski definition) is 3. The Morgan fingerprint density at radius 2 is 2.14 bits per heavy atom. The van der Waals surface area contributed by atoms with Crippen LogP contribution in [0, 0.1) is 0 Å². The lowest BCUT2D eigenvalue weighted by Crippen LogP contribution is -2.42. The number of benzene rings is 1. The number of hydrogen-bond acceptors (Lipinski definition) is 4. The normalized spacial score (nSPS) is 13.6. The highest BCUT2D eigenvalue weighted by Crippen LogP contribution is 2.20. The third kappa shape index (κ3) is 4.50. The molecule has 0 spiro atoms. The molecule has 0 fully saturated rings. The Morgan fingerprint density at radius 3 is 2.77 bits per heavy atom.